The van der Waals surface area contributed by atoms with Gasteiger partial charge < -0.3 is 25.2 Å². The molecule has 0 aromatic carbocycles. The fourth-order valence-corrected chi connectivity index (χ4v) is 1.93. The average Bonchev–Trinajstić information content (AvgIpc) is 2.64. The van der Waals surface area contributed by atoms with Crippen molar-refractivity contribution in [1.82, 2.24) is 9.55 Å². The van der Waals surface area contributed by atoms with Crippen LogP contribution >= 0.6 is 0 Å². The summed E-state index contributed by atoms with van der Waals surface area (Å²) in [6, 6.07) is 0. The van der Waals surface area contributed by atoms with Crippen molar-refractivity contribution in [2.75, 3.05) is 6.61 Å². The van der Waals surface area contributed by atoms with E-state index in [-0.39, 0.29) is 5.56 Å². The standard InChI is InChI=1S/C10H13FN2O7/c11-10(3-15)6(17)5(16)8(20-10)13-1-4(2-14)7(18)12-9(13)19/h1,5-6,8,14-17H,2-3H2,(H,12,18,19)/t5-,6+,8-,10-/m1/s1. The lowest BCUT2D eigenvalue weighted by Gasteiger charge is -2.20. The Kier molecular flexibility index (Phi) is 3.75. The predicted molar refractivity (Wildman–Crippen MR) is 60.3 cm³/mol. The molecular formula is C10H13FN2O7. The molecule has 1 aromatic rings. The molecule has 0 aliphatic carbocycles. The quantitative estimate of drug-likeness (QED) is 0.397. The molecule has 10 heteroatoms. The molecule has 0 spiro atoms. The van der Waals surface area contributed by atoms with Crippen LogP contribution in [0.2, 0.25) is 0 Å². The molecule has 112 valence electrons. The van der Waals surface area contributed by atoms with E-state index >= 15 is 0 Å². The zero-order chi connectivity index (χ0) is 15.1. The normalized spacial score (nSPS) is 33.5. The molecule has 4 atom stereocenters. The molecule has 5 N–H and O–H groups in total. The van der Waals surface area contributed by atoms with E-state index in [1.54, 1.807) is 0 Å². The van der Waals surface area contributed by atoms with Crippen LogP contribution in [0.4, 0.5) is 4.39 Å². The first-order chi connectivity index (χ1) is 9.34. The van der Waals surface area contributed by atoms with Gasteiger partial charge in [0.15, 0.2) is 6.23 Å². The van der Waals surface area contributed by atoms with Crippen molar-refractivity contribution < 1.29 is 29.6 Å². The Bertz CT molecular complexity index is 614. The third-order valence-electron chi connectivity index (χ3n) is 3.08. The minimum absolute atomic E-state index is 0.213. The lowest BCUT2D eigenvalue weighted by Crippen LogP contribution is -2.42. The van der Waals surface area contributed by atoms with Crippen LogP contribution < -0.4 is 11.2 Å². The third-order valence-corrected chi connectivity index (χ3v) is 3.08. The molecule has 2 rings (SSSR count). The average molecular weight is 292 g/mol. The van der Waals surface area contributed by atoms with Crippen molar-refractivity contribution in [3.05, 3.63) is 32.6 Å². The topological polar surface area (TPSA) is 145 Å². The van der Waals surface area contributed by atoms with E-state index in [9.17, 15) is 24.2 Å². The molecule has 1 aliphatic heterocycles. The van der Waals surface area contributed by atoms with Gasteiger partial charge in [-0.25, -0.2) is 9.18 Å². The number of aromatic amines is 1. The molecule has 0 saturated carbocycles. The molecule has 1 aromatic heterocycles. The van der Waals surface area contributed by atoms with E-state index in [1.165, 1.54) is 0 Å². The Morgan fingerprint density at radius 3 is 2.55 bits per heavy atom. The lowest BCUT2D eigenvalue weighted by atomic mass is 10.1. The zero-order valence-corrected chi connectivity index (χ0v) is 10.1. The van der Waals surface area contributed by atoms with Gasteiger partial charge in [-0.1, -0.05) is 0 Å². The minimum Gasteiger partial charge on any atom is -0.391 e. The van der Waals surface area contributed by atoms with Crippen molar-refractivity contribution in [3.63, 3.8) is 0 Å². The Morgan fingerprint density at radius 2 is 2.05 bits per heavy atom. The summed E-state index contributed by atoms with van der Waals surface area (Å²) in [5.74, 6) is -2.93. The largest absolute Gasteiger partial charge is 0.391 e. The van der Waals surface area contributed by atoms with E-state index in [1.807, 2.05) is 4.98 Å². The molecule has 0 radical (unpaired) electrons. The van der Waals surface area contributed by atoms with Crippen LogP contribution in [0.25, 0.3) is 0 Å². The molecule has 1 aliphatic rings. The van der Waals surface area contributed by atoms with E-state index in [2.05, 4.69) is 4.74 Å². The van der Waals surface area contributed by atoms with Crippen LogP contribution in [0.3, 0.4) is 0 Å². The van der Waals surface area contributed by atoms with Gasteiger partial charge in [0.25, 0.3) is 11.4 Å². The van der Waals surface area contributed by atoms with E-state index < -0.39 is 48.8 Å². The third kappa shape index (κ3) is 2.17. The van der Waals surface area contributed by atoms with E-state index in [0.717, 1.165) is 6.20 Å². The number of hydrogen-bond donors (Lipinski definition) is 5. The number of H-pyrrole nitrogens is 1. The maximum Gasteiger partial charge on any atom is 0.330 e. The summed E-state index contributed by atoms with van der Waals surface area (Å²) >= 11 is 0. The second-order valence-electron chi connectivity index (χ2n) is 4.37. The molecule has 9 nitrogen and oxygen atoms in total. The van der Waals surface area contributed by atoms with Crippen LogP contribution in [-0.2, 0) is 11.3 Å². The van der Waals surface area contributed by atoms with Gasteiger partial charge >= 0.3 is 5.69 Å². The first kappa shape index (κ1) is 14.8. The van der Waals surface area contributed by atoms with Gasteiger partial charge in [-0.3, -0.25) is 14.3 Å². The second-order valence-corrected chi connectivity index (χ2v) is 4.37. The zero-order valence-electron chi connectivity index (χ0n) is 10.1. The van der Waals surface area contributed by atoms with Crippen molar-refractivity contribution in [2.45, 2.75) is 30.9 Å². The van der Waals surface area contributed by atoms with Gasteiger partial charge in [0.1, 0.15) is 18.8 Å². The summed E-state index contributed by atoms with van der Waals surface area (Å²) in [6.45, 7) is -1.92. The first-order valence-corrected chi connectivity index (χ1v) is 5.63. The summed E-state index contributed by atoms with van der Waals surface area (Å²) < 4.78 is 19.2. The Hall–Kier alpha value is -1.59. The van der Waals surface area contributed by atoms with Gasteiger partial charge in [-0.15, -0.1) is 0 Å². The number of ether oxygens (including phenoxy) is 1. The highest BCUT2D eigenvalue weighted by molar-refractivity contribution is 5.05. The molecule has 1 saturated heterocycles. The summed E-state index contributed by atoms with van der Waals surface area (Å²) in [4.78, 5) is 24.7. The number of nitrogens with one attached hydrogen (secondary N) is 1. The van der Waals surface area contributed by atoms with Crippen LogP contribution in [0, 0.1) is 0 Å². The SMILES string of the molecule is O=c1[nH]c(=O)n([C@@H]2O[C@](F)(CO)[C@@H](O)[C@H]2O)cc1CO. The van der Waals surface area contributed by atoms with Crippen LogP contribution in [0.15, 0.2) is 15.8 Å². The maximum atomic E-state index is 13.9. The minimum atomic E-state index is -2.93. The van der Waals surface area contributed by atoms with Crippen LogP contribution in [0.5, 0.6) is 0 Å². The molecule has 1 fully saturated rings. The smallest absolute Gasteiger partial charge is 0.330 e. The highest BCUT2D eigenvalue weighted by Crippen LogP contribution is 2.37. The van der Waals surface area contributed by atoms with E-state index in [0.29, 0.717) is 4.57 Å². The highest BCUT2D eigenvalue weighted by Gasteiger charge is 2.55. The first-order valence-electron chi connectivity index (χ1n) is 5.63. The predicted octanol–water partition coefficient (Wildman–Crippen LogP) is -3.06. The van der Waals surface area contributed by atoms with Crippen molar-refractivity contribution in [2.24, 2.45) is 0 Å². The molecule has 0 bridgehead atoms. The number of aliphatic hydroxyl groups excluding tert-OH is 4. The Balaban J connectivity index is 2.48. The Labute approximate surface area is 110 Å². The molecule has 2 heterocycles. The maximum absolute atomic E-state index is 13.9. The van der Waals surface area contributed by atoms with Crippen molar-refractivity contribution in [3.8, 4) is 0 Å². The van der Waals surface area contributed by atoms with E-state index in [4.69, 9.17) is 10.2 Å². The summed E-state index contributed by atoms with van der Waals surface area (Å²) in [6.07, 6.45) is -4.70. The van der Waals surface area contributed by atoms with Crippen LogP contribution in [-0.4, -0.2) is 54.6 Å². The summed E-state index contributed by atoms with van der Waals surface area (Å²) in [7, 11) is 0. The summed E-state index contributed by atoms with van der Waals surface area (Å²) in [5.41, 5.74) is -2.07. The number of nitrogens with zero attached hydrogens (tertiary/aromatic N) is 1. The number of rotatable bonds is 3. The van der Waals surface area contributed by atoms with Gasteiger partial charge in [0, 0.05) is 6.20 Å². The summed E-state index contributed by atoms with van der Waals surface area (Å²) in [5, 5.41) is 36.9. The Morgan fingerprint density at radius 1 is 1.40 bits per heavy atom. The number of hydrogen-bond acceptors (Lipinski definition) is 7. The van der Waals surface area contributed by atoms with Gasteiger partial charge in [0.2, 0.25) is 0 Å². The second kappa shape index (κ2) is 5.07. The van der Waals surface area contributed by atoms with Crippen molar-refractivity contribution in [1.29, 1.82) is 0 Å². The lowest BCUT2D eigenvalue weighted by molar-refractivity contribution is -0.207. The van der Waals surface area contributed by atoms with Gasteiger partial charge in [-0.2, -0.15) is 0 Å². The number of aliphatic hydroxyl groups is 4. The number of aromatic nitrogens is 2. The fraction of sp³-hybridized carbons (Fsp3) is 0.600. The van der Waals surface area contributed by atoms with Gasteiger partial charge in [0.05, 0.1) is 12.2 Å². The van der Waals surface area contributed by atoms with Gasteiger partial charge in [-0.05, 0) is 0 Å². The number of alkyl halides is 1. The molecule has 0 unspecified atom stereocenters. The molecular weight excluding hydrogens is 279 g/mol. The monoisotopic (exact) mass is 292 g/mol. The van der Waals surface area contributed by atoms with Crippen LogP contribution in [0.1, 0.15) is 11.8 Å². The highest BCUT2D eigenvalue weighted by atomic mass is 19.2. The fourth-order valence-electron chi connectivity index (χ4n) is 1.93. The van der Waals surface area contributed by atoms with Crippen molar-refractivity contribution >= 4 is 0 Å². The molecule has 0 amide bonds. The number of halogens is 1. The molecule has 20 heavy (non-hydrogen) atoms.